The van der Waals surface area contributed by atoms with E-state index in [0.717, 1.165) is 17.0 Å². The predicted molar refractivity (Wildman–Crippen MR) is 63.1 cm³/mol. The zero-order valence-corrected chi connectivity index (χ0v) is 9.28. The van der Waals surface area contributed by atoms with Gasteiger partial charge in [0, 0.05) is 23.6 Å². The van der Waals surface area contributed by atoms with Crippen LogP contribution >= 0.6 is 0 Å². The van der Waals surface area contributed by atoms with E-state index in [1.54, 1.807) is 0 Å². The van der Waals surface area contributed by atoms with Crippen LogP contribution in [0, 0.1) is 13.8 Å². The third-order valence-corrected chi connectivity index (χ3v) is 2.40. The SMILES string of the molecule is CC=CNc1ccn2cc(C)nc2c1C. The lowest BCUT2D eigenvalue weighted by atomic mass is 10.2. The lowest BCUT2D eigenvalue weighted by Gasteiger charge is -2.06. The molecule has 0 aromatic carbocycles. The Morgan fingerprint density at radius 2 is 2.20 bits per heavy atom. The van der Waals surface area contributed by atoms with Crippen molar-refractivity contribution in [1.82, 2.24) is 9.38 Å². The number of fused-ring (bicyclic) bond motifs is 1. The first-order valence-electron chi connectivity index (χ1n) is 5.05. The van der Waals surface area contributed by atoms with Crippen LogP contribution in [-0.2, 0) is 0 Å². The van der Waals surface area contributed by atoms with Gasteiger partial charge in [0.15, 0.2) is 0 Å². The van der Waals surface area contributed by atoms with Crippen LogP contribution in [0.5, 0.6) is 0 Å². The smallest absolute Gasteiger partial charge is 0.142 e. The van der Waals surface area contributed by atoms with Gasteiger partial charge in [-0.1, -0.05) is 6.08 Å². The summed E-state index contributed by atoms with van der Waals surface area (Å²) in [6.07, 6.45) is 7.95. The third-order valence-electron chi connectivity index (χ3n) is 2.40. The van der Waals surface area contributed by atoms with E-state index < -0.39 is 0 Å². The number of hydrogen-bond acceptors (Lipinski definition) is 2. The molecule has 0 aliphatic heterocycles. The largest absolute Gasteiger partial charge is 0.362 e. The summed E-state index contributed by atoms with van der Waals surface area (Å²) in [6.45, 7) is 6.07. The van der Waals surface area contributed by atoms with E-state index in [1.807, 2.05) is 42.9 Å². The number of nitrogens with zero attached hydrogens (tertiary/aromatic N) is 2. The molecule has 0 bridgehead atoms. The van der Waals surface area contributed by atoms with Crippen LogP contribution in [0.15, 0.2) is 30.7 Å². The van der Waals surface area contributed by atoms with Gasteiger partial charge in [-0.3, -0.25) is 0 Å². The van der Waals surface area contributed by atoms with Crippen LogP contribution in [0.25, 0.3) is 5.65 Å². The number of pyridine rings is 1. The molecule has 0 spiro atoms. The molecule has 2 aromatic heterocycles. The molecule has 0 saturated carbocycles. The highest BCUT2D eigenvalue weighted by atomic mass is 15.0. The summed E-state index contributed by atoms with van der Waals surface area (Å²) in [5.41, 5.74) is 4.33. The molecule has 0 radical (unpaired) electrons. The Hall–Kier alpha value is -1.77. The second kappa shape index (κ2) is 3.77. The maximum atomic E-state index is 4.48. The topological polar surface area (TPSA) is 29.3 Å². The summed E-state index contributed by atoms with van der Waals surface area (Å²) < 4.78 is 2.05. The first-order valence-corrected chi connectivity index (χ1v) is 5.05. The van der Waals surface area contributed by atoms with Crippen molar-refractivity contribution in [2.45, 2.75) is 20.8 Å². The fourth-order valence-electron chi connectivity index (χ4n) is 1.64. The van der Waals surface area contributed by atoms with Gasteiger partial charge in [-0.15, -0.1) is 0 Å². The van der Waals surface area contributed by atoms with Crippen LogP contribution < -0.4 is 5.32 Å². The number of aromatic nitrogens is 2. The quantitative estimate of drug-likeness (QED) is 0.809. The number of nitrogens with one attached hydrogen (secondary N) is 1. The van der Waals surface area contributed by atoms with E-state index in [1.165, 1.54) is 5.56 Å². The third kappa shape index (κ3) is 1.73. The van der Waals surface area contributed by atoms with Crippen molar-refractivity contribution in [3.05, 3.63) is 42.0 Å². The summed E-state index contributed by atoms with van der Waals surface area (Å²) in [4.78, 5) is 4.48. The van der Waals surface area contributed by atoms with E-state index in [-0.39, 0.29) is 0 Å². The highest BCUT2D eigenvalue weighted by Crippen LogP contribution is 2.19. The van der Waals surface area contributed by atoms with Gasteiger partial charge in [-0.05, 0) is 33.0 Å². The first kappa shape index (κ1) is 9.77. The van der Waals surface area contributed by atoms with Gasteiger partial charge >= 0.3 is 0 Å². The maximum absolute atomic E-state index is 4.48. The van der Waals surface area contributed by atoms with Gasteiger partial charge in [0.05, 0.1) is 5.69 Å². The Labute approximate surface area is 89.5 Å². The monoisotopic (exact) mass is 201 g/mol. The second-order valence-electron chi connectivity index (χ2n) is 3.61. The molecule has 2 heterocycles. The predicted octanol–water partition coefficient (Wildman–Crippen LogP) is 2.90. The van der Waals surface area contributed by atoms with E-state index in [0.29, 0.717) is 0 Å². The van der Waals surface area contributed by atoms with Gasteiger partial charge < -0.3 is 9.72 Å². The summed E-state index contributed by atoms with van der Waals surface area (Å²) in [7, 11) is 0. The molecule has 0 atom stereocenters. The lowest BCUT2D eigenvalue weighted by Crippen LogP contribution is -1.94. The molecule has 15 heavy (non-hydrogen) atoms. The fourth-order valence-corrected chi connectivity index (χ4v) is 1.64. The molecule has 0 aliphatic carbocycles. The van der Waals surface area contributed by atoms with Gasteiger partial charge in [-0.2, -0.15) is 0 Å². The number of rotatable bonds is 2. The minimum atomic E-state index is 1.02. The Morgan fingerprint density at radius 3 is 2.93 bits per heavy atom. The molecule has 2 aromatic rings. The van der Waals surface area contributed by atoms with Crippen molar-refractivity contribution in [3.8, 4) is 0 Å². The summed E-state index contributed by atoms with van der Waals surface area (Å²) in [5.74, 6) is 0. The highest BCUT2D eigenvalue weighted by molar-refractivity contribution is 5.64. The Balaban J connectivity index is 2.54. The van der Waals surface area contributed by atoms with Gasteiger partial charge in [-0.25, -0.2) is 4.98 Å². The minimum Gasteiger partial charge on any atom is -0.362 e. The zero-order valence-electron chi connectivity index (χ0n) is 9.28. The molecule has 3 nitrogen and oxygen atoms in total. The molecule has 3 heteroatoms. The average Bonchev–Trinajstić information content (AvgIpc) is 2.59. The van der Waals surface area contributed by atoms with E-state index in [9.17, 15) is 0 Å². The average molecular weight is 201 g/mol. The molecule has 0 unspecified atom stereocenters. The molecule has 2 rings (SSSR count). The molecule has 0 fully saturated rings. The first-order chi connectivity index (χ1) is 7.22. The Morgan fingerprint density at radius 1 is 1.40 bits per heavy atom. The van der Waals surface area contributed by atoms with Crippen LogP contribution in [0.3, 0.4) is 0 Å². The number of anilines is 1. The lowest BCUT2D eigenvalue weighted by molar-refractivity contribution is 1.16. The molecular weight excluding hydrogens is 186 g/mol. The van der Waals surface area contributed by atoms with Crippen molar-refractivity contribution in [3.63, 3.8) is 0 Å². The Kier molecular flexibility index (Phi) is 2.46. The number of aryl methyl sites for hydroxylation is 2. The van der Waals surface area contributed by atoms with Crippen molar-refractivity contribution in [2.24, 2.45) is 0 Å². The van der Waals surface area contributed by atoms with Crippen LogP contribution in [0.2, 0.25) is 0 Å². The minimum absolute atomic E-state index is 1.02. The zero-order chi connectivity index (χ0) is 10.8. The van der Waals surface area contributed by atoms with Crippen molar-refractivity contribution in [2.75, 3.05) is 5.32 Å². The maximum Gasteiger partial charge on any atom is 0.142 e. The van der Waals surface area contributed by atoms with Gasteiger partial charge in [0.1, 0.15) is 5.65 Å². The molecule has 0 amide bonds. The molecule has 0 aliphatic rings. The van der Waals surface area contributed by atoms with Crippen molar-refractivity contribution < 1.29 is 0 Å². The van der Waals surface area contributed by atoms with Crippen molar-refractivity contribution in [1.29, 1.82) is 0 Å². The molecule has 78 valence electrons. The summed E-state index contributed by atoms with van der Waals surface area (Å²) >= 11 is 0. The van der Waals surface area contributed by atoms with Crippen LogP contribution in [0.1, 0.15) is 18.2 Å². The number of imidazole rings is 1. The number of hydrogen-bond donors (Lipinski definition) is 1. The summed E-state index contributed by atoms with van der Waals surface area (Å²) in [6, 6.07) is 2.06. The molecule has 0 saturated heterocycles. The van der Waals surface area contributed by atoms with E-state index in [4.69, 9.17) is 0 Å². The van der Waals surface area contributed by atoms with E-state index in [2.05, 4.69) is 23.3 Å². The highest BCUT2D eigenvalue weighted by Gasteiger charge is 2.04. The normalized spacial score (nSPS) is 11.4. The fraction of sp³-hybridized carbons (Fsp3) is 0.250. The summed E-state index contributed by atoms with van der Waals surface area (Å²) in [5, 5.41) is 3.23. The van der Waals surface area contributed by atoms with Crippen molar-refractivity contribution >= 4 is 11.3 Å². The van der Waals surface area contributed by atoms with E-state index >= 15 is 0 Å². The van der Waals surface area contributed by atoms with Crippen LogP contribution in [-0.4, -0.2) is 9.38 Å². The second-order valence-corrected chi connectivity index (χ2v) is 3.61. The van der Waals surface area contributed by atoms with Gasteiger partial charge in [0.2, 0.25) is 0 Å². The van der Waals surface area contributed by atoms with Gasteiger partial charge in [0.25, 0.3) is 0 Å². The Bertz CT molecular complexity index is 509. The standard InChI is InChI=1S/C12H15N3/c1-4-6-13-11-5-7-15-8-9(2)14-12(15)10(11)3/h4-8,13H,1-3H3. The molecular formula is C12H15N3. The molecule has 1 N–H and O–H groups in total. The van der Waals surface area contributed by atoms with Crippen LogP contribution in [0.4, 0.5) is 5.69 Å². The number of allylic oxidation sites excluding steroid dienone is 1.